The molecule has 1 aromatic rings. The van der Waals surface area contributed by atoms with Crippen molar-refractivity contribution in [3.63, 3.8) is 0 Å². The molecule has 0 aromatic heterocycles. The van der Waals surface area contributed by atoms with E-state index in [4.69, 9.17) is 0 Å². The molecule has 1 saturated heterocycles. The summed E-state index contributed by atoms with van der Waals surface area (Å²) in [6, 6.07) is 7.56. The number of nitrogens with zero attached hydrogens (tertiary/aromatic N) is 1. The van der Waals surface area contributed by atoms with Crippen LogP contribution in [0.4, 0.5) is 5.69 Å². The molecule has 1 fully saturated rings. The van der Waals surface area contributed by atoms with Gasteiger partial charge in [0.2, 0.25) is 11.8 Å². The lowest BCUT2D eigenvalue weighted by atomic mass is 10.1. The Morgan fingerprint density at radius 3 is 2.33 bits per heavy atom. The molecule has 1 aliphatic rings. The molecule has 78 valence electrons. The minimum atomic E-state index is -0.0825. The number of anilines is 1. The molecule has 0 saturated carbocycles. The van der Waals surface area contributed by atoms with Crippen molar-refractivity contribution < 1.29 is 9.59 Å². The zero-order valence-electron chi connectivity index (χ0n) is 8.69. The lowest BCUT2D eigenvalue weighted by Crippen LogP contribution is -2.29. The third kappa shape index (κ3) is 1.65. The van der Waals surface area contributed by atoms with Crippen molar-refractivity contribution in [3.8, 4) is 0 Å². The Morgan fingerprint density at radius 2 is 1.73 bits per heavy atom. The van der Waals surface area contributed by atoms with Crippen molar-refractivity contribution in [1.82, 2.24) is 0 Å². The van der Waals surface area contributed by atoms with E-state index >= 15 is 0 Å². The van der Waals surface area contributed by atoms with E-state index in [1.165, 1.54) is 4.90 Å². The highest BCUT2D eigenvalue weighted by Crippen LogP contribution is 2.26. The summed E-state index contributed by atoms with van der Waals surface area (Å²) in [5.74, 6) is -0.165. The van der Waals surface area contributed by atoms with Gasteiger partial charge in [0.15, 0.2) is 0 Å². The minimum Gasteiger partial charge on any atom is -0.274 e. The van der Waals surface area contributed by atoms with E-state index in [1.54, 1.807) is 0 Å². The molecule has 0 N–H and O–H groups in total. The zero-order chi connectivity index (χ0) is 10.8. The fourth-order valence-electron chi connectivity index (χ4n) is 1.87. The van der Waals surface area contributed by atoms with Gasteiger partial charge in [0.1, 0.15) is 0 Å². The number of rotatable bonds is 2. The number of imide groups is 1. The summed E-state index contributed by atoms with van der Waals surface area (Å²) >= 11 is 0. The summed E-state index contributed by atoms with van der Waals surface area (Å²) in [6.45, 7) is 2.02. The maximum atomic E-state index is 11.6. The molecule has 1 aliphatic heterocycles. The van der Waals surface area contributed by atoms with Gasteiger partial charge in [-0.3, -0.25) is 14.5 Å². The largest absolute Gasteiger partial charge is 0.274 e. The van der Waals surface area contributed by atoms with Gasteiger partial charge < -0.3 is 0 Å². The third-order valence-electron chi connectivity index (χ3n) is 2.66. The van der Waals surface area contributed by atoms with Crippen LogP contribution in [0.5, 0.6) is 0 Å². The molecule has 3 nitrogen and oxygen atoms in total. The van der Waals surface area contributed by atoms with Crippen LogP contribution in [0, 0.1) is 0 Å². The molecule has 3 heteroatoms. The highest BCUT2D eigenvalue weighted by atomic mass is 16.2. The highest BCUT2D eigenvalue weighted by molar-refractivity contribution is 6.20. The first kappa shape index (κ1) is 9.90. The van der Waals surface area contributed by atoms with Crippen molar-refractivity contribution in [2.24, 2.45) is 0 Å². The molecule has 2 amide bonds. The average Bonchev–Trinajstić information content (AvgIpc) is 2.59. The Balaban J connectivity index is 2.44. The van der Waals surface area contributed by atoms with E-state index in [9.17, 15) is 9.59 Å². The second-order valence-electron chi connectivity index (χ2n) is 3.61. The van der Waals surface area contributed by atoms with Crippen LogP contribution in [0.25, 0.3) is 0 Å². The van der Waals surface area contributed by atoms with Gasteiger partial charge >= 0.3 is 0 Å². The molecule has 0 aliphatic carbocycles. The first-order valence-electron chi connectivity index (χ1n) is 5.17. The van der Waals surface area contributed by atoms with Gasteiger partial charge in [-0.05, 0) is 18.1 Å². The van der Waals surface area contributed by atoms with Crippen LogP contribution in [-0.4, -0.2) is 11.8 Å². The second-order valence-corrected chi connectivity index (χ2v) is 3.61. The molecule has 1 aromatic carbocycles. The Hall–Kier alpha value is -1.64. The molecular formula is C12H13NO2. The van der Waals surface area contributed by atoms with E-state index in [1.807, 2.05) is 31.2 Å². The Bertz CT molecular complexity index is 396. The normalized spacial score (nSPS) is 16.2. The van der Waals surface area contributed by atoms with Crippen LogP contribution in [-0.2, 0) is 16.0 Å². The number of carbonyl (C=O) groups excluding carboxylic acids is 2. The summed E-state index contributed by atoms with van der Waals surface area (Å²) < 4.78 is 0. The van der Waals surface area contributed by atoms with Crippen LogP contribution in [0.1, 0.15) is 25.3 Å². The van der Waals surface area contributed by atoms with Gasteiger partial charge in [0.05, 0.1) is 5.69 Å². The molecule has 0 atom stereocenters. The van der Waals surface area contributed by atoms with Crippen LogP contribution < -0.4 is 4.90 Å². The van der Waals surface area contributed by atoms with Gasteiger partial charge in [0.25, 0.3) is 0 Å². The highest BCUT2D eigenvalue weighted by Gasteiger charge is 2.31. The first-order chi connectivity index (χ1) is 7.24. The van der Waals surface area contributed by atoms with Gasteiger partial charge in [0, 0.05) is 12.8 Å². The predicted octanol–water partition coefficient (Wildman–Crippen LogP) is 1.90. The smallest absolute Gasteiger partial charge is 0.234 e. The van der Waals surface area contributed by atoms with Crippen LogP contribution in [0.3, 0.4) is 0 Å². The molecule has 0 bridgehead atoms. The maximum Gasteiger partial charge on any atom is 0.234 e. The molecular weight excluding hydrogens is 190 g/mol. The second kappa shape index (κ2) is 3.85. The van der Waals surface area contributed by atoms with Gasteiger partial charge in [-0.25, -0.2) is 0 Å². The number of hydrogen-bond donors (Lipinski definition) is 0. The van der Waals surface area contributed by atoms with Gasteiger partial charge in [-0.2, -0.15) is 0 Å². The van der Waals surface area contributed by atoms with E-state index in [2.05, 4.69) is 0 Å². The lowest BCUT2D eigenvalue weighted by Gasteiger charge is -2.17. The van der Waals surface area contributed by atoms with Crippen molar-refractivity contribution in [3.05, 3.63) is 29.8 Å². The first-order valence-corrected chi connectivity index (χ1v) is 5.17. The van der Waals surface area contributed by atoms with Crippen LogP contribution in [0.2, 0.25) is 0 Å². The summed E-state index contributed by atoms with van der Waals surface area (Å²) in [6.07, 6.45) is 1.51. The third-order valence-corrected chi connectivity index (χ3v) is 2.66. The monoisotopic (exact) mass is 203 g/mol. The fraction of sp³-hybridized carbons (Fsp3) is 0.333. The number of para-hydroxylation sites is 1. The fourth-order valence-corrected chi connectivity index (χ4v) is 1.87. The Labute approximate surface area is 88.7 Å². The summed E-state index contributed by atoms with van der Waals surface area (Å²) in [5, 5.41) is 0. The summed E-state index contributed by atoms with van der Waals surface area (Å²) in [7, 11) is 0. The lowest BCUT2D eigenvalue weighted by molar-refractivity contribution is -0.121. The Morgan fingerprint density at radius 1 is 1.13 bits per heavy atom. The Kier molecular flexibility index (Phi) is 2.54. The SMILES string of the molecule is CCc1ccccc1N1C(=O)CCC1=O. The van der Waals surface area contributed by atoms with Crippen molar-refractivity contribution in [1.29, 1.82) is 0 Å². The number of benzene rings is 1. The van der Waals surface area contributed by atoms with Crippen molar-refractivity contribution >= 4 is 17.5 Å². The summed E-state index contributed by atoms with van der Waals surface area (Å²) in [5.41, 5.74) is 1.80. The van der Waals surface area contributed by atoms with Crippen LogP contribution >= 0.6 is 0 Å². The van der Waals surface area contributed by atoms with Gasteiger partial charge in [-0.15, -0.1) is 0 Å². The minimum absolute atomic E-state index is 0.0825. The topological polar surface area (TPSA) is 37.4 Å². The summed E-state index contributed by atoms with van der Waals surface area (Å²) in [4.78, 5) is 24.4. The average molecular weight is 203 g/mol. The molecule has 15 heavy (non-hydrogen) atoms. The van der Waals surface area contributed by atoms with Crippen molar-refractivity contribution in [2.75, 3.05) is 4.90 Å². The maximum absolute atomic E-state index is 11.6. The molecule has 0 spiro atoms. The van der Waals surface area contributed by atoms with E-state index < -0.39 is 0 Å². The quantitative estimate of drug-likeness (QED) is 0.688. The van der Waals surface area contributed by atoms with E-state index in [0.717, 1.165) is 17.7 Å². The number of aryl methyl sites for hydroxylation is 1. The number of carbonyl (C=O) groups is 2. The van der Waals surface area contributed by atoms with Crippen LogP contribution in [0.15, 0.2) is 24.3 Å². The molecule has 0 radical (unpaired) electrons. The standard InChI is InChI=1S/C12H13NO2/c1-2-9-5-3-4-6-10(9)13-11(14)7-8-12(13)15/h3-6H,2,7-8H2,1H3. The number of amides is 2. The number of hydrogen-bond acceptors (Lipinski definition) is 2. The molecule has 1 heterocycles. The molecule has 0 unspecified atom stereocenters. The van der Waals surface area contributed by atoms with Gasteiger partial charge in [-0.1, -0.05) is 25.1 Å². The van der Waals surface area contributed by atoms with Crippen molar-refractivity contribution in [2.45, 2.75) is 26.2 Å². The predicted molar refractivity (Wildman–Crippen MR) is 57.5 cm³/mol. The van der Waals surface area contributed by atoms with E-state index in [-0.39, 0.29) is 11.8 Å². The molecule has 2 rings (SSSR count). The zero-order valence-corrected chi connectivity index (χ0v) is 8.69. The van der Waals surface area contributed by atoms with E-state index in [0.29, 0.717) is 12.8 Å².